The molecule has 0 saturated heterocycles. The fraction of sp³-hybridized carbons (Fsp3) is 0.316. The van der Waals surface area contributed by atoms with Crippen LogP contribution in [0.25, 0.3) is 21.7 Å². The molecular formula is C19H21NO4. The predicted molar refractivity (Wildman–Crippen MR) is 93.0 cm³/mol. The molecule has 0 aliphatic heterocycles. The number of fused-ring (bicyclic) bond motifs is 3. The first kappa shape index (κ1) is 16.5. The van der Waals surface area contributed by atoms with Crippen LogP contribution >= 0.6 is 0 Å². The Morgan fingerprint density at radius 2 is 2.00 bits per heavy atom. The third-order valence-corrected chi connectivity index (χ3v) is 4.09. The SMILES string of the molecule is COCCN(CCO)C(=O)Cc1cc2c(ccc3ccccc32)o1. The lowest BCUT2D eigenvalue weighted by molar-refractivity contribution is -0.131. The monoisotopic (exact) mass is 327 g/mol. The third kappa shape index (κ3) is 3.42. The maximum absolute atomic E-state index is 12.4. The molecule has 0 fully saturated rings. The van der Waals surface area contributed by atoms with Crippen LogP contribution in [0.5, 0.6) is 0 Å². The molecule has 3 aromatic rings. The molecule has 24 heavy (non-hydrogen) atoms. The molecule has 1 N–H and O–H groups in total. The van der Waals surface area contributed by atoms with Crippen molar-refractivity contribution in [1.82, 2.24) is 4.90 Å². The quantitative estimate of drug-likeness (QED) is 0.724. The summed E-state index contributed by atoms with van der Waals surface area (Å²) in [6.07, 6.45) is 0.173. The highest BCUT2D eigenvalue weighted by Gasteiger charge is 2.16. The summed E-state index contributed by atoms with van der Waals surface area (Å²) in [4.78, 5) is 14.0. The standard InChI is InChI=1S/C19H21NO4/c1-23-11-9-20(8-10-21)19(22)13-15-12-17-16-5-3-2-4-14(16)6-7-18(17)24-15/h2-7,12,21H,8-11,13H2,1H3. The smallest absolute Gasteiger partial charge is 0.230 e. The van der Waals surface area contributed by atoms with Crippen LogP contribution in [0.2, 0.25) is 0 Å². The van der Waals surface area contributed by atoms with Gasteiger partial charge in [0.2, 0.25) is 5.91 Å². The number of methoxy groups -OCH3 is 1. The second-order valence-electron chi connectivity index (χ2n) is 5.69. The molecule has 0 saturated carbocycles. The van der Waals surface area contributed by atoms with E-state index in [-0.39, 0.29) is 18.9 Å². The molecule has 0 bridgehead atoms. The zero-order valence-corrected chi connectivity index (χ0v) is 13.7. The molecule has 2 aromatic carbocycles. The second kappa shape index (κ2) is 7.47. The minimum atomic E-state index is -0.0792. The van der Waals surface area contributed by atoms with Crippen LogP contribution in [-0.4, -0.2) is 49.3 Å². The Labute approximate surface area is 140 Å². The van der Waals surface area contributed by atoms with Gasteiger partial charge in [-0.1, -0.05) is 30.3 Å². The molecule has 1 aromatic heterocycles. The Bertz CT molecular complexity index is 840. The summed E-state index contributed by atoms with van der Waals surface area (Å²) in [5.74, 6) is 0.552. The van der Waals surface area contributed by atoms with Gasteiger partial charge < -0.3 is 19.2 Å². The molecule has 0 atom stereocenters. The van der Waals surface area contributed by atoms with Crippen LogP contribution in [0.4, 0.5) is 0 Å². The van der Waals surface area contributed by atoms with Crippen molar-refractivity contribution >= 4 is 27.6 Å². The van der Waals surface area contributed by atoms with E-state index >= 15 is 0 Å². The Kier molecular flexibility index (Phi) is 5.13. The molecule has 3 rings (SSSR count). The van der Waals surface area contributed by atoms with Crippen LogP contribution in [0.1, 0.15) is 5.76 Å². The van der Waals surface area contributed by atoms with E-state index in [0.29, 0.717) is 25.5 Å². The van der Waals surface area contributed by atoms with Gasteiger partial charge in [-0.25, -0.2) is 0 Å². The third-order valence-electron chi connectivity index (χ3n) is 4.09. The van der Waals surface area contributed by atoms with Crippen molar-refractivity contribution in [3.8, 4) is 0 Å². The van der Waals surface area contributed by atoms with Crippen LogP contribution in [-0.2, 0) is 16.0 Å². The molecule has 5 nitrogen and oxygen atoms in total. The molecule has 5 heteroatoms. The summed E-state index contributed by atoms with van der Waals surface area (Å²) in [6, 6.07) is 14.0. The first-order chi connectivity index (χ1) is 11.7. The number of benzene rings is 2. The lowest BCUT2D eigenvalue weighted by Gasteiger charge is -2.20. The van der Waals surface area contributed by atoms with E-state index in [2.05, 4.69) is 12.1 Å². The largest absolute Gasteiger partial charge is 0.461 e. The van der Waals surface area contributed by atoms with Crippen molar-refractivity contribution in [1.29, 1.82) is 0 Å². The summed E-state index contributed by atoms with van der Waals surface area (Å²) < 4.78 is 10.9. The Balaban J connectivity index is 1.84. The van der Waals surface area contributed by atoms with Gasteiger partial charge in [0.1, 0.15) is 11.3 Å². The highest BCUT2D eigenvalue weighted by Crippen LogP contribution is 2.28. The van der Waals surface area contributed by atoms with Crippen molar-refractivity contribution in [2.24, 2.45) is 0 Å². The number of aliphatic hydroxyl groups is 1. The van der Waals surface area contributed by atoms with Crippen LogP contribution in [0, 0.1) is 0 Å². The van der Waals surface area contributed by atoms with Gasteiger partial charge in [-0.15, -0.1) is 0 Å². The number of carbonyl (C=O) groups is 1. The van der Waals surface area contributed by atoms with E-state index in [1.54, 1.807) is 12.0 Å². The number of ether oxygens (including phenoxy) is 1. The number of nitrogens with zero attached hydrogens (tertiary/aromatic N) is 1. The van der Waals surface area contributed by atoms with E-state index in [0.717, 1.165) is 21.7 Å². The van der Waals surface area contributed by atoms with Crippen molar-refractivity contribution in [3.63, 3.8) is 0 Å². The minimum absolute atomic E-state index is 0.0692. The number of carbonyl (C=O) groups excluding carboxylic acids is 1. The van der Waals surface area contributed by atoms with Crippen LogP contribution in [0.3, 0.4) is 0 Å². The molecule has 0 aliphatic carbocycles. The van der Waals surface area contributed by atoms with E-state index in [9.17, 15) is 4.79 Å². The molecular weight excluding hydrogens is 306 g/mol. The lowest BCUT2D eigenvalue weighted by Crippen LogP contribution is -2.37. The average molecular weight is 327 g/mol. The summed E-state index contributed by atoms with van der Waals surface area (Å²) in [7, 11) is 1.59. The fourth-order valence-electron chi connectivity index (χ4n) is 2.88. The molecule has 0 unspecified atom stereocenters. The average Bonchev–Trinajstić information content (AvgIpc) is 3.01. The number of furan rings is 1. The van der Waals surface area contributed by atoms with Gasteiger partial charge in [-0.05, 0) is 22.9 Å². The maximum Gasteiger partial charge on any atom is 0.230 e. The molecule has 0 aliphatic rings. The summed E-state index contributed by atoms with van der Waals surface area (Å²) in [5, 5.41) is 12.4. The molecule has 0 spiro atoms. The van der Waals surface area contributed by atoms with E-state index in [4.69, 9.17) is 14.3 Å². The molecule has 1 heterocycles. The van der Waals surface area contributed by atoms with Gasteiger partial charge in [0.05, 0.1) is 19.6 Å². The second-order valence-corrected chi connectivity index (χ2v) is 5.69. The minimum Gasteiger partial charge on any atom is -0.461 e. The van der Waals surface area contributed by atoms with E-state index in [1.165, 1.54) is 0 Å². The zero-order valence-electron chi connectivity index (χ0n) is 13.7. The highest BCUT2D eigenvalue weighted by molar-refractivity contribution is 6.06. The van der Waals surface area contributed by atoms with Crippen LogP contribution < -0.4 is 0 Å². The first-order valence-electron chi connectivity index (χ1n) is 8.00. The molecule has 0 radical (unpaired) electrons. The van der Waals surface area contributed by atoms with Crippen molar-refractivity contribution < 1.29 is 19.1 Å². The highest BCUT2D eigenvalue weighted by atomic mass is 16.5. The number of rotatable bonds is 7. The van der Waals surface area contributed by atoms with Crippen LogP contribution in [0.15, 0.2) is 46.9 Å². The first-order valence-corrected chi connectivity index (χ1v) is 8.00. The maximum atomic E-state index is 12.4. The number of hydrogen-bond donors (Lipinski definition) is 1. The van der Waals surface area contributed by atoms with Gasteiger partial charge in [0.15, 0.2) is 0 Å². The Morgan fingerprint density at radius 1 is 1.17 bits per heavy atom. The predicted octanol–water partition coefficient (Wildman–Crippen LogP) is 2.60. The number of hydrogen-bond acceptors (Lipinski definition) is 4. The van der Waals surface area contributed by atoms with E-state index in [1.807, 2.05) is 30.3 Å². The summed E-state index contributed by atoms with van der Waals surface area (Å²) in [6.45, 7) is 1.13. The molecule has 1 amide bonds. The summed E-state index contributed by atoms with van der Waals surface area (Å²) >= 11 is 0. The van der Waals surface area contributed by atoms with Gasteiger partial charge in [0, 0.05) is 25.6 Å². The zero-order chi connectivity index (χ0) is 16.9. The lowest BCUT2D eigenvalue weighted by atomic mass is 10.1. The fourth-order valence-corrected chi connectivity index (χ4v) is 2.88. The van der Waals surface area contributed by atoms with Crippen molar-refractivity contribution in [2.75, 3.05) is 33.4 Å². The van der Waals surface area contributed by atoms with Gasteiger partial charge in [0.25, 0.3) is 0 Å². The number of aliphatic hydroxyl groups excluding tert-OH is 1. The number of amides is 1. The molecule has 126 valence electrons. The normalized spacial score (nSPS) is 11.2. The summed E-state index contributed by atoms with van der Waals surface area (Å²) in [5.41, 5.74) is 0.780. The van der Waals surface area contributed by atoms with E-state index < -0.39 is 0 Å². The van der Waals surface area contributed by atoms with Crippen molar-refractivity contribution in [2.45, 2.75) is 6.42 Å². The van der Waals surface area contributed by atoms with Gasteiger partial charge in [-0.3, -0.25) is 4.79 Å². The van der Waals surface area contributed by atoms with Gasteiger partial charge >= 0.3 is 0 Å². The van der Waals surface area contributed by atoms with Gasteiger partial charge in [-0.2, -0.15) is 0 Å². The Morgan fingerprint density at radius 3 is 2.79 bits per heavy atom. The van der Waals surface area contributed by atoms with Crippen molar-refractivity contribution in [3.05, 3.63) is 48.2 Å². The Hall–Kier alpha value is -2.37. The topological polar surface area (TPSA) is 62.9 Å².